The molecule has 1 aromatic carbocycles. The Morgan fingerprint density at radius 2 is 2.03 bits per heavy atom. The van der Waals surface area contributed by atoms with Crippen LogP contribution in [0.1, 0.15) is 44.2 Å². The van der Waals surface area contributed by atoms with E-state index in [9.17, 15) is 5.11 Å². The molecule has 0 unspecified atom stereocenters. The highest BCUT2D eigenvalue weighted by atomic mass is 16.3. The summed E-state index contributed by atoms with van der Waals surface area (Å²) in [5.74, 6) is 0. The van der Waals surface area contributed by atoms with Crippen LogP contribution in [0, 0.1) is 6.92 Å². The highest BCUT2D eigenvalue weighted by molar-refractivity contribution is 6.03. The Balaban J connectivity index is 1.61. The molecule has 7 heteroatoms. The molecular weight excluding hydrogens is 424 g/mol. The van der Waals surface area contributed by atoms with Crippen molar-refractivity contribution in [1.82, 2.24) is 24.1 Å². The van der Waals surface area contributed by atoms with Gasteiger partial charge in [-0.1, -0.05) is 12.7 Å². The molecule has 0 bridgehead atoms. The van der Waals surface area contributed by atoms with Crippen LogP contribution in [0.5, 0.6) is 0 Å². The van der Waals surface area contributed by atoms with E-state index in [-0.39, 0.29) is 6.61 Å². The van der Waals surface area contributed by atoms with Crippen LogP contribution >= 0.6 is 0 Å². The second-order valence-electron chi connectivity index (χ2n) is 9.28. The van der Waals surface area contributed by atoms with E-state index in [0.29, 0.717) is 12.5 Å². The standard InChI is InChI=1S/C27H29N6O/c1-4-20-18(3)28-14-25-27(20)32(19-7-5-8-19)16-33(25)24-12-22-21(11-17(24)2)26-23(13-29-22)30-15-31(26)9-6-10-34/h4,11-16,19,34H,3,5-10H2,1-2H3/q+1. The number of nitrogens with zero attached hydrogens (tertiary/aromatic N) is 6. The van der Waals surface area contributed by atoms with E-state index in [2.05, 4.69) is 68.6 Å². The molecule has 34 heavy (non-hydrogen) atoms. The van der Waals surface area contributed by atoms with Crippen molar-refractivity contribution in [3.05, 3.63) is 53.3 Å². The van der Waals surface area contributed by atoms with E-state index >= 15 is 0 Å². The average Bonchev–Trinajstić information content (AvgIpc) is 3.38. The zero-order valence-corrected chi connectivity index (χ0v) is 19.7. The van der Waals surface area contributed by atoms with Crippen LogP contribution in [0.4, 0.5) is 0 Å². The van der Waals surface area contributed by atoms with Gasteiger partial charge in [0, 0.05) is 29.8 Å². The molecule has 0 amide bonds. The molecule has 1 N–H and O–H groups in total. The van der Waals surface area contributed by atoms with Gasteiger partial charge in [0.1, 0.15) is 17.2 Å². The van der Waals surface area contributed by atoms with Crippen LogP contribution in [0.15, 0.2) is 37.2 Å². The molecule has 1 saturated carbocycles. The Hall–Kier alpha value is -3.58. The minimum Gasteiger partial charge on any atom is -0.396 e. The Morgan fingerprint density at radius 3 is 2.76 bits per heavy atom. The van der Waals surface area contributed by atoms with Crippen molar-refractivity contribution in [3.63, 3.8) is 0 Å². The van der Waals surface area contributed by atoms with Crippen LogP contribution in [-0.4, -0.2) is 35.8 Å². The smallest absolute Gasteiger partial charge is 0.250 e. The number of fused-ring (bicyclic) bond motifs is 4. The number of imidazole rings is 2. The lowest BCUT2D eigenvalue weighted by Crippen LogP contribution is -2.46. The maximum atomic E-state index is 9.30. The average molecular weight is 454 g/mol. The van der Waals surface area contributed by atoms with Gasteiger partial charge < -0.3 is 9.67 Å². The quantitative estimate of drug-likeness (QED) is 0.416. The molecule has 0 saturated heterocycles. The Kier molecular flexibility index (Phi) is 4.95. The third kappa shape index (κ3) is 3.07. The van der Waals surface area contributed by atoms with Gasteiger partial charge in [-0.15, -0.1) is 0 Å². The summed E-state index contributed by atoms with van der Waals surface area (Å²) in [5.41, 5.74) is 7.43. The van der Waals surface area contributed by atoms with Gasteiger partial charge in [-0.05, 0) is 51.2 Å². The van der Waals surface area contributed by atoms with Gasteiger partial charge in [-0.2, -0.15) is 4.57 Å². The Labute approximate surface area is 197 Å². The number of aliphatic hydroxyl groups excluding tert-OH is 1. The normalized spacial score (nSPS) is 15.1. The van der Waals surface area contributed by atoms with Crippen LogP contribution < -0.4 is 15.1 Å². The van der Waals surface area contributed by atoms with Crippen LogP contribution in [-0.2, 0) is 6.54 Å². The number of aromatic nitrogens is 6. The van der Waals surface area contributed by atoms with E-state index in [4.69, 9.17) is 4.98 Å². The zero-order valence-electron chi connectivity index (χ0n) is 19.7. The van der Waals surface area contributed by atoms with Crippen molar-refractivity contribution in [1.29, 1.82) is 0 Å². The third-order valence-corrected chi connectivity index (χ3v) is 7.24. The molecule has 6 rings (SSSR count). The topological polar surface area (TPSA) is 72.6 Å². The van der Waals surface area contributed by atoms with Gasteiger partial charge >= 0.3 is 0 Å². The third-order valence-electron chi connectivity index (χ3n) is 7.24. The lowest BCUT2D eigenvalue weighted by atomic mass is 9.93. The Bertz CT molecular complexity index is 1680. The molecule has 172 valence electrons. The minimum atomic E-state index is 0.160. The molecule has 1 fully saturated rings. The number of hydrogen-bond donors (Lipinski definition) is 1. The number of hydrogen-bond acceptors (Lipinski definition) is 4. The van der Waals surface area contributed by atoms with Crippen molar-refractivity contribution < 1.29 is 9.67 Å². The van der Waals surface area contributed by atoms with E-state index in [0.717, 1.165) is 55.8 Å². The summed E-state index contributed by atoms with van der Waals surface area (Å²) in [6, 6.07) is 4.90. The summed E-state index contributed by atoms with van der Waals surface area (Å²) < 4.78 is 6.80. The SMILES string of the molecule is C=c1ncc2c(c1=CC)[n+](C1CCC1)cn2-c1cc2ncc3ncn(CCCO)c3c2cc1C. The number of aryl methyl sites for hydroxylation is 2. The number of pyridine rings is 2. The van der Waals surface area contributed by atoms with Crippen molar-refractivity contribution >= 4 is 45.6 Å². The monoisotopic (exact) mass is 453 g/mol. The first-order valence-corrected chi connectivity index (χ1v) is 12.0. The van der Waals surface area contributed by atoms with Gasteiger partial charge in [0.15, 0.2) is 11.0 Å². The zero-order chi connectivity index (χ0) is 23.4. The van der Waals surface area contributed by atoms with E-state index in [1.165, 1.54) is 24.8 Å². The lowest BCUT2D eigenvalue weighted by molar-refractivity contribution is -0.710. The second kappa shape index (κ2) is 8.02. The second-order valence-corrected chi connectivity index (χ2v) is 9.28. The predicted molar refractivity (Wildman–Crippen MR) is 134 cm³/mol. The first-order valence-electron chi connectivity index (χ1n) is 12.0. The molecule has 1 aliphatic rings. The summed E-state index contributed by atoms with van der Waals surface area (Å²) >= 11 is 0. The van der Waals surface area contributed by atoms with Gasteiger partial charge in [0.2, 0.25) is 6.33 Å². The number of benzene rings is 1. The molecule has 0 radical (unpaired) electrons. The highest BCUT2D eigenvalue weighted by Gasteiger charge is 2.30. The molecule has 0 spiro atoms. The van der Waals surface area contributed by atoms with Crippen LogP contribution in [0.2, 0.25) is 0 Å². The highest BCUT2D eigenvalue weighted by Crippen LogP contribution is 2.31. The van der Waals surface area contributed by atoms with E-state index in [1.54, 1.807) is 0 Å². The first kappa shape index (κ1) is 21.0. The fourth-order valence-electron chi connectivity index (χ4n) is 5.24. The predicted octanol–water partition coefficient (Wildman–Crippen LogP) is 2.84. The summed E-state index contributed by atoms with van der Waals surface area (Å²) in [6.45, 7) is 9.28. The minimum absolute atomic E-state index is 0.160. The van der Waals surface area contributed by atoms with Crippen LogP contribution in [0.3, 0.4) is 0 Å². The molecule has 0 aliphatic heterocycles. The fraction of sp³-hybridized carbons (Fsp3) is 0.333. The summed E-state index contributed by atoms with van der Waals surface area (Å²) in [6.07, 6.45) is 14.4. The molecule has 0 atom stereocenters. The molecule has 4 heterocycles. The van der Waals surface area contributed by atoms with Crippen molar-refractivity contribution in [2.75, 3.05) is 6.61 Å². The Morgan fingerprint density at radius 1 is 1.18 bits per heavy atom. The first-order chi connectivity index (χ1) is 16.6. The fourth-order valence-corrected chi connectivity index (χ4v) is 5.24. The van der Waals surface area contributed by atoms with Crippen molar-refractivity contribution in [3.8, 4) is 5.69 Å². The van der Waals surface area contributed by atoms with Gasteiger partial charge in [-0.3, -0.25) is 9.97 Å². The summed E-state index contributed by atoms with van der Waals surface area (Å²) in [5, 5.41) is 12.3. The number of rotatable bonds is 5. The van der Waals surface area contributed by atoms with Crippen LogP contribution in [0.25, 0.3) is 51.3 Å². The van der Waals surface area contributed by atoms with Crippen molar-refractivity contribution in [2.24, 2.45) is 0 Å². The van der Waals surface area contributed by atoms with E-state index in [1.807, 2.05) is 18.7 Å². The molecule has 5 aromatic rings. The lowest BCUT2D eigenvalue weighted by Gasteiger charge is -2.22. The van der Waals surface area contributed by atoms with Gasteiger partial charge in [0.25, 0.3) is 0 Å². The molecule has 4 aromatic heterocycles. The maximum absolute atomic E-state index is 9.30. The maximum Gasteiger partial charge on any atom is 0.250 e. The molecule has 7 nitrogen and oxygen atoms in total. The number of aliphatic hydroxyl groups is 1. The molecular formula is C27H29N6O+. The van der Waals surface area contributed by atoms with Gasteiger partial charge in [-0.25, -0.2) is 9.55 Å². The summed E-state index contributed by atoms with van der Waals surface area (Å²) in [4.78, 5) is 13.9. The summed E-state index contributed by atoms with van der Waals surface area (Å²) in [7, 11) is 0. The van der Waals surface area contributed by atoms with Gasteiger partial charge in [0.05, 0.1) is 35.1 Å². The van der Waals surface area contributed by atoms with E-state index < -0.39 is 0 Å². The largest absolute Gasteiger partial charge is 0.396 e. The molecule has 1 aliphatic carbocycles. The van der Waals surface area contributed by atoms with Crippen molar-refractivity contribution in [2.45, 2.75) is 52.1 Å².